The molecule has 0 aliphatic carbocycles. The summed E-state index contributed by atoms with van der Waals surface area (Å²) in [5.41, 5.74) is 2.72. The smallest absolute Gasteiger partial charge is 0.249 e. The van der Waals surface area contributed by atoms with Crippen molar-refractivity contribution in [2.24, 2.45) is 16.9 Å². The minimum absolute atomic E-state index is 0.360. The number of hydrazone groups is 1. The van der Waals surface area contributed by atoms with Gasteiger partial charge in [-0.3, -0.25) is 19.4 Å². The molecule has 2 saturated heterocycles. The number of anilines is 2. The Morgan fingerprint density at radius 1 is 0.886 bits per heavy atom. The van der Waals surface area contributed by atoms with Gasteiger partial charge < -0.3 is 10.1 Å². The highest BCUT2D eigenvalue weighted by Crippen LogP contribution is 2.53. The van der Waals surface area contributed by atoms with Crippen LogP contribution in [0.5, 0.6) is 5.75 Å². The Balaban J connectivity index is 1.46. The summed E-state index contributed by atoms with van der Waals surface area (Å²) in [5.74, 6) is -2.42. The molecule has 2 fully saturated rings. The van der Waals surface area contributed by atoms with E-state index in [1.807, 2.05) is 42.5 Å². The Labute approximate surface area is 201 Å². The number of nitrogens with one attached hydrogen (secondary N) is 1. The quantitative estimate of drug-likeness (QED) is 0.597. The van der Waals surface area contributed by atoms with Crippen molar-refractivity contribution in [2.75, 3.05) is 17.3 Å². The number of para-hydroxylation sites is 3. The molecule has 0 aromatic heterocycles. The van der Waals surface area contributed by atoms with Crippen molar-refractivity contribution in [1.82, 2.24) is 5.01 Å². The standard InChI is InChI=1S/C27H22N4O4/c1-35-20-14-8-7-13-19(20)30-26(33)21-22(27(30)34)24(25(32)29-17-10-3-2-4-11-17)31-23(21)18-12-6-5-9-16(18)15-28-31/h2-15,21-24H,1H3,(H,29,32)/t21-,22+,23-,24+/m0/s1. The number of hydrogen-bond donors (Lipinski definition) is 1. The molecule has 0 radical (unpaired) electrons. The highest BCUT2D eigenvalue weighted by Gasteiger charge is 2.65. The average Bonchev–Trinajstić information content (AvgIpc) is 3.37. The van der Waals surface area contributed by atoms with E-state index in [1.165, 1.54) is 12.0 Å². The molecule has 3 amide bonds. The van der Waals surface area contributed by atoms with Crippen molar-refractivity contribution in [1.29, 1.82) is 0 Å². The van der Waals surface area contributed by atoms with Crippen LogP contribution in [0.25, 0.3) is 0 Å². The lowest BCUT2D eigenvalue weighted by molar-refractivity contribution is -0.129. The summed E-state index contributed by atoms with van der Waals surface area (Å²) < 4.78 is 5.43. The molecule has 174 valence electrons. The average molecular weight is 466 g/mol. The Hall–Kier alpha value is -4.46. The summed E-state index contributed by atoms with van der Waals surface area (Å²) in [5, 5.41) is 9.09. The van der Waals surface area contributed by atoms with Crippen molar-refractivity contribution >= 4 is 35.3 Å². The molecule has 6 rings (SSSR count). The normalized spacial score (nSPS) is 24.1. The van der Waals surface area contributed by atoms with Gasteiger partial charge >= 0.3 is 0 Å². The van der Waals surface area contributed by atoms with Gasteiger partial charge in [-0.05, 0) is 35.4 Å². The number of nitrogens with zero attached hydrogens (tertiary/aromatic N) is 3. The van der Waals surface area contributed by atoms with Crippen LogP contribution in [0.15, 0.2) is 84.0 Å². The number of ether oxygens (including phenoxy) is 1. The zero-order valence-corrected chi connectivity index (χ0v) is 18.9. The fourth-order valence-corrected chi connectivity index (χ4v) is 5.46. The Bertz CT molecular complexity index is 1370. The van der Waals surface area contributed by atoms with Gasteiger partial charge in [0, 0.05) is 5.69 Å². The molecular weight excluding hydrogens is 444 g/mol. The summed E-state index contributed by atoms with van der Waals surface area (Å²) >= 11 is 0. The van der Waals surface area contributed by atoms with Crippen molar-refractivity contribution in [3.05, 3.63) is 90.0 Å². The minimum atomic E-state index is -0.953. The molecule has 4 atom stereocenters. The third kappa shape index (κ3) is 3.13. The fraction of sp³-hybridized carbons (Fsp3) is 0.185. The number of carbonyl (C=O) groups is 3. The van der Waals surface area contributed by atoms with E-state index in [4.69, 9.17) is 4.74 Å². The van der Waals surface area contributed by atoms with Crippen LogP contribution >= 0.6 is 0 Å². The minimum Gasteiger partial charge on any atom is -0.495 e. The number of hydrogen-bond acceptors (Lipinski definition) is 6. The predicted molar refractivity (Wildman–Crippen MR) is 130 cm³/mol. The molecule has 0 unspecified atom stereocenters. The van der Waals surface area contributed by atoms with Gasteiger partial charge in [0.05, 0.1) is 36.9 Å². The second kappa shape index (κ2) is 8.09. The third-order valence-corrected chi connectivity index (χ3v) is 6.93. The summed E-state index contributed by atoms with van der Waals surface area (Å²) in [7, 11) is 1.49. The lowest BCUT2D eigenvalue weighted by Crippen LogP contribution is -2.46. The molecule has 0 spiro atoms. The second-order valence-corrected chi connectivity index (χ2v) is 8.73. The third-order valence-electron chi connectivity index (χ3n) is 6.93. The van der Waals surface area contributed by atoms with Crippen LogP contribution in [0.1, 0.15) is 17.2 Å². The molecule has 3 heterocycles. The van der Waals surface area contributed by atoms with Crippen LogP contribution < -0.4 is 15.0 Å². The fourth-order valence-electron chi connectivity index (χ4n) is 5.46. The van der Waals surface area contributed by atoms with Crippen LogP contribution in [0, 0.1) is 11.8 Å². The van der Waals surface area contributed by atoms with Crippen LogP contribution in [0.2, 0.25) is 0 Å². The summed E-state index contributed by atoms with van der Waals surface area (Å²) in [6, 6.07) is 22.1. The van der Waals surface area contributed by atoms with E-state index < -0.39 is 29.8 Å². The molecule has 0 bridgehead atoms. The summed E-state index contributed by atoms with van der Waals surface area (Å²) in [6.07, 6.45) is 1.68. The van der Waals surface area contributed by atoms with E-state index in [0.29, 0.717) is 17.1 Å². The van der Waals surface area contributed by atoms with Crippen LogP contribution in [0.4, 0.5) is 11.4 Å². The van der Waals surface area contributed by atoms with Gasteiger partial charge in [0.2, 0.25) is 17.7 Å². The summed E-state index contributed by atoms with van der Waals surface area (Å²) in [4.78, 5) is 42.6. The molecular formula is C27H22N4O4. The molecule has 35 heavy (non-hydrogen) atoms. The maximum absolute atomic E-state index is 13.9. The number of imide groups is 1. The number of rotatable bonds is 4. The largest absolute Gasteiger partial charge is 0.495 e. The summed E-state index contributed by atoms with van der Waals surface area (Å²) in [6.45, 7) is 0. The number of benzene rings is 3. The van der Waals surface area contributed by atoms with Crippen LogP contribution in [-0.2, 0) is 14.4 Å². The van der Waals surface area contributed by atoms with E-state index in [1.54, 1.807) is 47.6 Å². The van der Waals surface area contributed by atoms with Crippen LogP contribution in [-0.4, -0.2) is 42.1 Å². The molecule has 3 aliphatic heterocycles. The maximum Gasteiger partial charge on any atom is 0.249 e. The number of fused-ring (bicyclic) bond motifs is 5. The van der Waals surface area contributed by atoms with Crippen molar-refractivity contribution < 1.29 is 19.1 Å². The zero-order chi connectivity index (χ0) is 24.1. The van der Waals surface area contributed by atoms with Crippen molar-refractivity contribution in [3.8, 4) is 5.75 Å². The van der Waals surface area contributed by atoms with Gasteiger partial charge in [0.1, 0.15) is 11.8 Å². The first-order valence-corrected chi connectivity index (χ1v) is 11.4. The van der Waals surface area contributed by atoms with Gasteiger partial charge in [-0.15, -0.1) is 0 Å². The molecule has 0 saturated carbocycles. The SMILES string of the molecule is COc1ccccc1N1C(=O)[C@@H]2[C@H](C1=O)[C@@H]1c3ccccc3C=NN1[C@H]2C(=O)Nc1ccccc1. The predicted octanol–water partition coefficient (Wildman–Crippen LogP) is 3.21. The highest BCUT2D eigenvalue weighted by molar-refractivity contribution is 6.25. The number of amides is 3. The van der Waals surface area contributed by atoms with Gasteiger partial charge in [0.15, 0.2) is 0 Å². The van der Waals surface area contributed by atoms with Gasteiger partial charge in [-0.1, -0.05) is 54.6 Å². The molecule has 3 aromatic carbocycles. The van der Waals surface area contributed by atoms with E-state index in [0.717, 1.165) is 11.1 Å². The lowest BCUT2D eigenvalue weighted by atomic mass is 9.85. The van der Waals surface area contributed by atoms with Crippen LogP contribution in [0.3, 0.4) is 0 Å². The van der Waals surface area contributed by atoms with Gasteiger partial charge in [-0.25, -0.2) is 4.90 Å². The van der Waals surface area contributed by atoms with E-state index >= 15 is 0 Å². The lowest BCUT2D eigenvalue weighted by Gasteiger charge is -2.33. The second-order valence-electron chi connectivity index (χ2n) is 8.73. The first kappa shape index (κ1) is 21.1. The highest BCUT2D eigenvalue weighted by atomic mass is 16.5. The Morgan fingerprint density at radius 3 is 2.37 bits per heavy atom. The Kier molecular flexibility index (Phi) is 4.88. The van der Waals surface area contributed by atoms with Crippen molar-refractivity contribution in [3.63, 3.8) is 0 Å². The zero-order valence-electron chi connectivity index (χ0n) is 18.9. The monoisotopic (exact) mass is 466 g/mol. The van der Waals surface area contributed by atoms with E-state index in [2.05, 4.69) is 10.4 Å². The van der Waals surface area contributed by atoms with E-state index in [9.17, 15) is 14.4 Å². The molecule has 1 N–H and O–H groups in total. The van der Waals surface area contributed by atoms with E-state index in [-0.39, 0.29) is 11.8 Å². The number of methoxy groups -OCH3 is 1. The molecule has 3 aromatic rings. The topological polar surface area (TPSA) is 91.3 Å². The molecule has 8 heteroatoms. The van der Waals surface area contributed by atoms with Gasteiger partial charge in [-0.2, -0.15) is 5.10 Å². The Morgan fingerprint density at radius 2 is 1.57 bits per heavy atom. The first-order chi connectivity index (χ1) is 17.1. The molecule has 3 aliphatic rings. The molecule has 8 nitrogen and oxygen atoms in total. The number of carbonyl (C=O) groups excluding carboxylic acids is 3. The first-order valence-electron chi connectivity index (χ1n) is 11.4. The maximum atomic E-state index is 13.9. The van der Waals surface area contributed by atoms with Gasteiger partial charge in [0.25, 0.3) is 0 Å². The van der Waals surface area contributed by atoms with Crippen molar-refractivity contribution in [2.45, 2.75) is 12.1 Å².